The van der Waals surface area contributed by atoms with Crippen molar-refractivity contribution in [3.63, 3.8) is 0 Å². The third-order valence-corrected chi connectivity index (χ3v) is 6.77. The zero-order valence-corrected chi connectivity index (χ0v) is 23.2. The number of hydrogen-bond acceptors (Lipinski definition) is 6. The molecule has 0 spiro atoms. The fraction of sp³-hybridized carbons (Fsp3) is 0.630. The maximum Gasteiger partial charge on any atom is 0.383 e. The summed E-state index contributed by atoms with van der Waals surface area (Å²) in [6.45, 7) is 6.12. The molecule has 0 aromatic carbocycles. The molecule has 0 bridgehead atoms. The molecule has 222 valence electrons. The van der Waals surface area contributed by atoms with Gasteiger partial charge in [0.05, 0.1) is 6.04 Å². The number of rotatable bonds is 13. The molecule has 0 saturated carbocycles. The van der Waals surface area contributed by atoms with Crippen molar-refractivity contribution in [3.05, 3.63) is 23.8 Å². The van der Waals surface area contributed by atoms with Crippen LogP contribution in [-0.2, 0) is 28.8 Å². The number of ketones is 1. The van der Waals surface area contributed by atoms with Crippen molar-refractivity contribution < 1.29 is 42.7 Å². The van der Waals surface area contributed by atoms with Gasteiger partial charge >= 0.3 is 11.9 Å². The molecule has 2 aliphatic rings. The molecule has 1 fully saturated rings. The molecular weight excluding hydrogens is 530 g/mol. The van der Waals surface area contributed by atoms with Gasteiger partial charge in [-0.25, -0.2) is 0 Å². The topological polar surface area (TPSA) is 162 Å². The summed E-state index contributed by atoms with van der Waals surface area (Å²) in [4.78, 5) is 75.6. The lowest BCUT2D eigenvalue weighted by molar-refractivity contribution is -0.161. The van der Waals surface area contributed by atoms with Crippen LogP contribution in [0.15, 0.2) is 23.8 Å². The fourth-order valence-electron chi connectivity index (χ4n) is 4.54. The second-order valence-corrected chi connectivity index (χ2v) is 10.7. The molecule has 40 heavy (non-hydrogen) atoms. The van der Waals surface area contributed by atoms with Crippen LogP contribution in [0.25, 0.3) is 0 Å². The molecule has 0 aromatic heterocycles. The summed E-state index contributed by atoms with van der Waals surface area (Å²) in [7, 11) is 0. The monoisotopic (exact) mass is 568 g/mol. The van der Waals surface area contributed by atoms with E-state index in [2.05, 4.69) is 16.0 Å². The predicted molar refractivity (Wildman–Crippen MR) is 140 cm³/mol. The van der Waals surface area contributed by atoms with Crippen molar-refractivity contribution in [2.75, 3.05) is 13.1 Å². The van der Waals surface area contributed by atoms with Crippen LogP contribution < -0.4 is 16.0 Å². The van der Waals surface area contributed by atoms with Gasteiger partial charge < -0.3 is 26.0 Å². The van der Waals surface area contributed by atoms with Gasteiger partial charge in [-0.2, -0.15) is 8.78 Å². The van der Waals surface area contributed by atoms with Crippen LogP contribution in [0.4, 0.5) is 8.78 Å². The minimum atomic E-state index is -4.41. The van der Waals surface area contributed by atoms with Gasteiger partial charge in [-0.05, 0) is 43.1 Å². The van der Waals surface area contributed by atoms with Gasteiger partial charge in [-0.1, -0.05) is 45.9 Å². The average molecular weight is 569 g/mol. The summed E-state index contributed by atoms with van der Waals surface area (Å²) in [6.07, 6.45) is 6.62. The molecule has 0 radical (unpaired) electrons. The maximum atomic E-state index is 14.9. The summed E-state index contributed by atoms with van der Waals surface area (Å²) in [6, 6.07) is -3.94. The zero-order valence-electron chi connectivity index (χ0n) is 23.2. The number of nitrogens with one attached hydrogen (secondary N) is 3. The Bertz CT molecular complexity index is 1070. The van der Waals surface area contributed by atoms with Crippen molar-refractivity contribution in [2.45, 2.75) is 83.8 Å². The summed E-state index contributed by atoms with van der Waals surface area (Å²) < 4.78 is 29.8. The molecule has 2 rings (SSSR count). The van der Waals surface area contributed by atoms with E-state index in [1.807, 2.05) is 6.08 Å². The van der Waals surface area contributed by atoms with Crippen molar-refractivity contribution in [1.29, 1.82) is 0 Å². The van der Waals surface area contributed by atoms with Crippen molar-refractivity contribution >= 4 is 35.4 Å². The lowest BCUT2D eigenvalue weighted by Gasteiger charge is -2.32. The summed E-state index contributed by atoms with van der Waals surface area (Å²) in [5, 5.41) is 15.6. The number of halogens is 2. The number of carboxylic acids is 1. The molecule has 3 atom stereocenters. The fourth-order valence-corrected chi connectivity index (χ4v) is 4.54. The van der Waals surface area contributed by atoms with Crippen LogP contribution in [0.5, 0.6) is 0 Å². The van der Waals surface area contributed by atoms with E-state index in [-0.39, 0.29) is 19.5 Å². The largest absolute Gasteiger partial charge is 0.481 e. The number of nitrogens with zero attached hydrogens (tertiary/aromatic N) is 1. The molecular formula is C27H38F2N4O7. The Hall–Kier alpha value is -3.64. The maximum absolute atomic E-state index is 14.9. The number of hydrogen-bond donors (Lipinski definition) is 4. The van der Waals surface area contributed by atoms with Gasteiger partial charge in [0.25, 0.3) is 5.91 Å². The molecule has 0 unspecified atom stereocenters. The number of carbonyl (C=O) groups is 6. The molecule has 1 aliphatic carbocycles. The third kappa shape index (κ3) is 8.43. The Morgan fingerprint density at radius 2 is 1.68 bits per heavy atom. The van der Waals surface area contributed by atoms with Crippen LogP contribution >= 0.6 is 0 Å². The van der Waals surface area contributed by atoms with Gasteiger partial charge in [0, 0.05) is 13.1 Å². The zero-order chi connectivity index (χ0) is 30.2. The summed E-state index contributed by atoms with van der Waals surface area (Å²) in [5.74, 6) is -12.9. The number of likely N-dealkylation sites (tertiary alicyclic amines) is 1. The number of aliphatic carboxylic acids is 1. The molecule has 11 nitrogen and oxygen atoms in total. The molecule has 4 N–H and O–H groups in total. The van der Waals surface area contributed by atoms with E-state index in [1.165, 1.54) is 18.7 Å². The molecule has 4 amide bonds. The Morgan fingerprint density at radius 3 is 2.23 bits per heavy atom. The number of Topliss-reactive ketones (excluding diaryl/α,β-unsaturated/α-hetero) is 1. The third-order valence-electron chi connectivity index (χ3n) is 6.77. The van der Waals surface area contributed by atoms with Crippen LogP contribution in [-0.4, -0.2) is 82.5 Å². The van der Waals surface area contributed by atoms with Gasteiger partial charge in [0.15, 0.2) is 0 Å². The second kappa shape index (κ2) is 14.1. The quantitative estimate of drug-likeness (QED) is 0.244. The van der Waals surface area contributed by atoms with E-state index < -0.39 is 77.7 Å². The highest BCUT2D eigenvalue weighted by atomic mass is 19.3. The number of alkyl halides is 2. The second-order valence-electron chi connectivity index (χ2n) is 10.7. The molecule has 1 aliphatic heterocycles. The molecule has 1 heterocycles. The van der Waals surface area contributed by atoms with Crippen molar-refractivity contribution in [3.8, 4) is 0 Å². The van der Waals surface area contributed by atoms with Crippen LogP contribution in [0, 0.1) is 11.8 Å². The highest BCUT2D eigenvalue weighted by molar-refractivity contribution is 6.11. The Morgan fingerprint density at radius 1 is 1.02 bits per heavy atom. The first-order valence-corrected chi connectivity index (χ1v) is 13.3. The molecule has 0 aromatic rings. The van der Waals surface area contributed by atoms with Crippen LogP contribution in [0.3, 0.4) is 0 Å². The van der Waals surface area contributed by atoms with E-state index in [9.17, 15) is 37.5 Å². The average Bonchev–Trinajstić information content (AvgIpc) is 3.38. The number of carboxylic acid groups (broad SMARTS) is 1. The van der Waals surface area contributed by atoms with Crippen molar-refractivity contribution in [2.24, 2.45) is 11.8 Å². The van der Waals surface area contributed by atoms with Gasteiger partial charge in [0.2, 0.25) is 23.5 Å². The van der Waals surface area contributed by atoms with Gasteiger partial charge in [-0.3, -0.25) is 28.8 Å². The Balaban J connectivity index is 2.13. The van der Waals surface area contributed by atoms with E-state index in [4.69, 9.17) is 5.11 Å². The van der Waals surface area contributed by atoms with E-state index in [0.29, 0.717) is 18.4 Å². The SMILES string of the molecule is CC(C)[C@H](NC(=O)CC(=O)O)C(=O)N1CCC[C@H]1C(=O)N[C@H](C(=O)C(F)(F)C(=O)NCC1=CCCC=C1)C(C)C. The lowest BCUT2D eigenvalue weighted by atomic mass is 9.94. The van der Waals surface area contributed by atoms with Crippen LogP contribution in [0.2, 0.25) is 0 Å². The summed E-state index contributed by atoms with van der Waals surface area (Å²) >= 11 is 0. The number of carbonyl (C=O) groups excluding carboxylic acids is 5. The predicted octanol–water partition coefficient (Wildman–Crippen LogP) is 1.33. The van der Waals surface area contributed by atoms with Crippen molar-refractivity contribution in [1.82, 2.24) is 20.9 Å². The lowest BCUT2D eigenvalue weighted by Crippen LogP contribution is -2.60. The summed E-state index contributed by atoms with van der Waals surface area (Å²) in [5.41, 5.74) is 0.640. The van der Waals surface area contributed by atoms with E-state index >= 15 is 0 Å². The Labute approximate surface area is 231 Å². The van der Waals surface area contributed by atoms with Crippen LogP contribution in [0.1, 0.15) is 59.8 Å². The highest BCUT2D eigenvalue weighted by Gasteiger charge is 2.51. The molecule has 13 heteroatoms. The smallest absolute Gasteiger partial charge is 0.383 e. The van der Waals surface area contributed by atoms with E-state index in [1.54, 1.807) is 26.0 Å². The minimum absolute atomic E-state index is 0.137. The Kier molecular flexibility index (Phi) is 11.5. The molecule has 1 saturated heterocycles. The minimum Gasteiger partial charge on any atom is -0.481 e. The first-order chi connectivity index (χ1) is 18.7. The highest BCUT2D eigenvalue weighted by Crippen LogP contribution is 2.24. The van der Waals surface area contributed by atoms with Gasteiger partial charge in [-0.15, -0.1) is 0 Å². The van der Waals surface area contributed by atoms with Gasteiger partial charge in [0.1, 0.15) is 18.5 Å². The standard InChI is InChI=1S/C27H38F2N4O7/c1-15(2)21(23(37)27(28,29)26(40)30-14-17-9-6-5-7-10-17)32-24(38)18-11-8-12-33(18)25(39)22(16(3)4)31-19(34)13-20(35)36/h6,9-10,15-16,18,21-22H,5,7-8,11-14H2,1-4H3,(H,30,40)(H,31,34)(H,32,38)(H,35,36)/t18-,21-,22-/m0/s1. The number of amides is 4. The number of allylic oxidation sites excluding steroid dienone is 2. The first-order valence-electron chi connectivity index (χ1n) is 13.3. The normalized spacial score (nSPS) is 18.6. The van der Waals surface area contributed by atoms with E-state index in [0.717, 1.165) is 6.42 Å². The first kappa shape index (κ1) is 32.6.